The van der Waals surface area contributed by atoms with Gasteiger partial charge in [0, 0.05) is 44.9 Å². The van der Waals surface area contributed by atoms with Crippen LogP contribution in [0.25, 0.3) is 0 Å². The summed E-state index contributed by atoms with van der Waals surface area (Å²) in [6, 6.07) is 1.92. The first-order chi connectivity index (χ1) is 8.90. The van der Waals surface area contributed by atoms with E-state index in [0.29, 0.717) is 19.0 Å². The molecule has 1 heterocycles. The van der Waals surface area contributed by atoms with E-state index in [0.717, 1.165) is 11.5 Å². The molecule has 0 aliphatic carbocycles. The van der Waals surface area contributed by atoms with E-state index in [9.17, 15) is 4.79 Å². The molecule has 1 rings (SSSR count). The van der Waals surface area contributed by atoms with Crippen molar-refractivity contribution in [2.24, 2.45) is 5.92 Å². The summed E-state index contributed by atoms with van der Waals surface area (Å²) < 4.78 is 0. The molecule has 1 aromatic rings. The fourth-order valence-electron chi connectivity index (χ4n) is 1.42. The van der Waals surface area contributed by atoms with Crippen molar-refractivity contribution in [3.05, 3.63) is 11.8 Å². The van der Waals surface area contributed by atoms with Gasteiger partial charge in [0.05, 0.1) is 0 Å². The molecule has 0 unspecified atom stereocenters. The van der Waals surface area contributed by atoms with E-state index in [1.54, 1.807) is 0 Å². The maximum Gasteiger partial charge on any atom is 0.224 e. The Kier molecular flexibility index (Phi) is 5.54. The number of nitrogens with zero attached hydrogens (tertiary/aromatic N) is 3. The Balaban J connectivity index is 2.47. The van der Waals surface area contributed by atoms with Crippen molar-refractivity contribution in [3.8, 4) is 0 Å². The second-order valence-corrected chi connectivity index (χ2v) is 4.96. The van der Waals surface area contributed by atoms with Crippen LogP contribution in [0.15, 0.2) is 6.07 Å². The molecule has 0 aromatic carbocycles. The number of hydrogen-bond donors (Lipinski definition) is 2. The Hall–Kier alpha value is -1.85. The summed E-state index contributed by atoms with van der Waals surface area (Å²) in [5.41, 5.74) is 0.910. The van der Waals surface area contributed by atoms with Gasteiger partial charge in [-0.3, -0.25) is 4.79 Å². The van der Waals surface area contributed by atoms with Gasteiger partial charge in [0.2, 0.25) is 11.9 Å². The Bertz CT molecular complexity index is 431. The fourth-order valence-corrected chi connectivity index (χ4v) is 1.42. The molecule has 1 amide bonds. The summed E-state index contributed by atoms with van der Waals surface area (Å²) in [6.07, 6.45) is 0. The quantitative estimate of drug-likeness (QED) is 0.752. The minimum absolute atomic E-state index is 0.00978. The van der Waals surface area contributed by atoms with Gasteiger partial charge in [-0.05, 0) is 6.92 Å². The lowest BCUT2D eigenvalue weighted by Gasteiger charge is -2.14. The number of aromatic nitrogens is 2. The smallest absolute Gasteiger partial charge is 0.224 e. The van der Waals surface area contributed by atoms with Crippen LogP contribution in [0.4, 0.5) is 11.8 Å². The number of amides is 1. The lowest BCUT2D eigenvalue weighted by Crippen LogP contribution is -2.32. The first kappa shape index (κ1) is 15.2. The predicted octanol–water partition coefficient (Wildman–Crippen LogP) is 1.04. The summed E-state index contributed by atoms with van der Waals surface area (Å²) in [5.74, 6) is 1.51. The van der Waals surface area contributed by atoms with Gasteiger partial charge in [-0.2, -0.15) is 4.98 Å². The molecule has 2 N–H and O–H groups in total. The predicted molar refractivity (Wildman–Crippen MR) is 77.4 cm³/mol. The highest BCUT2D eigenvalue weighted by Gasteiger charge is 2.06. The van der Waals surface area contributed by atoms with Crippen molar-refractivity contribution in [1.82, 2.24) is 15.3 Å². The molecule has 0 spiro atoms. The van der Waals surface area contributed by atoms with Gasteiger partial charge in [-0.1, -0.05) is 13.8 Å². The third-order valence-corrected chi connectivity index (χ3v) is 2.53. The molecule has 1 aromatic heterocycles. The fraction of sp³-hybridized carbons (Fsp3) is 0.615. The largest absolute Gasteiger partial charge is 0.363 e. The number of anilines is 2. The molecular weight excluding hydrogens is 242 g/mol. The summed E-state index contributed by atoms with van der Waals surface area (Å²) >= 11 is 0. The maximum absolute atomic E-state index is 11.4. The summed E-state index contributed by atoms with van der Waals surface area (Å²) in [5, 5.41) is 5.95. The Morgan fingerprint density at radius 3 is 2.58 bits per heavy atom. The first-order valence-corrected chi connectivity index (χ1v) is 6.44. The highest BCUT2D eigenvalue weighted by molar-refractivity contribution is 5.77. The Morgan fingerprint density at radius 1 is 1.32 bits per heavy atom. The molecule has 0 saturated carbocycles. The number of rotatable bonds is 6. The molecule has 19 heavy (non-hydrogen) atoms. The molecule has 6 heteroatoms. The van der Waals surface area contributed by atoms with Crippen molar-refractivity contribution in [2.45, 2.75) is 20.8 Å². The lowest BCUT2D eigenvalue weighted by atomic mass is 10.2. The van der Waals surface area contributed by atoms with Crippen LogP contribution < -0.4 is 15.5 Å². The minimum atomic E-state index is 0.00978. The van der Waals surface area contributed by atoms with Crippen molar-refractivity contribution in [3.63, 3.8) is 0 Å². The van der Waals surface area contributed by atoms with Crippen LogP contribution in [0.5, 0.6) is 0 Å². The van der Waals surface area contributed by atoms with E-state index in [2.05, 4.69) is 20.6 Å². The highest BCUT2D eigenvalue weighted by atomic mass is 16.1. The zero-order chi connectivity index (χ0) is 14.4. The summed E-state index contributed by atoms with van der Waals surface area (Å²) in [4.78, 5) is 22.0. The number of nitrogens with one attached hydrogen (secondary N) is 2. The van der Waals surface area contributed by atoms with Crippen LogP contribution in [0.1, 0.15) is 19.5 Å². The van der Waals surface area contributed by atoms with Gasteiger partial charge in [0.25, 0.3) is 0 Å². The van der Waals surface area contributed by atoms with Gasteiger partial charge < -0.3 is 15.5 Å². The van der Waals surface area contributed by atoms with E-state index in [4.69, 9.17) is 0 Å². The average Bonchev–Trinajstić information content (AvgIpc) is 2.33. The van der Waals surface area contributed by atoms with Crippen molar-refractivity contribution < 1.29 is 4.79 Å². The SMILES string of the molecule is Cc1cc(N(C)C)nc(NCCNC(=O)C(C)C)n1. The zero-order valence-electron chi connectivity index (χ0n) is 12.3. The van der Waals surface area contributed by atoms with Gasteiger partial charge in [-0.25, -0.2) is 4.98 Å². The molecule has 0 atom stereocenters. The first-order valence-electron chi connectivity index (χ1n) is 6.44. The Labute approximate surface area is 114 Å². The van der Waals surface area contributed by atoms with Crippen LogP contribution >= 0.6 is 0 Å². The maximum atomic E-state index is 11.4. The molecule has 0 saturated heterocycles. The number of carbonyl (C=O) groups is 1. The van der Waals surface area contributed by atoms with E-state index < -0.39 is 0 Å². The molecule has 6 nitrogen and oxygen atoms in total. The van der Waals surface area contributed by atoms with Gasteiger partial charge >= 0.3 is 0 Å². The van der Waals surface area contributed by atoms with Crippen LogP contribution in [0.2, 0.25) is 0 Å². The van der Waals surface area contributed by atoms with E-state index in [-0.39, 0.29) is 11.8 Å². The monoisotopic (exact) mass is 265 g/mol. The molecule has 0 aliphatic heterocycles. The van der Waals surface area contributed by atoms with Crippen molar-refractivity contribution in [2.75, 3.05) is 37.4 Å². The topological polar surface area (TPSA) is 70.2 Å². The normalized spacial score (nSPS) is 10.4. The van der Waals surface area contributed by atoms with Crippen LogP contribution in [0.3, 0.4) is 0 Å². The summed E-state index contributed by atoms with van der Waals surface area (Å²) in [7, 11) is 3.88. The van der Waals surface area contributed by atoms with Gasteiger partial charge in [0.15, 0.2) is 0 Å². The number of carbonyl (C=O) groups excluding carboxylic acids is 1. The second kappa shape index (κ2) is 6.92. The Morgan fingerprint density at radius 2 is 2.00 bits per heavy atom. The van der Waals surface area contributed by atoms with Crippen LogP contribution in [-0.4, -0.2) is 43.1 Å². The van der Waals surface area contributed by atoms with Crippen molar-refractivity contribution in [1.29, 1.82) is 0 Å². The average molecular weight is 265 g/mol. The minimum Gasteiger partial charge on any atom is -0.363 e. The van der Waals surface area contributed by atoms with E-state index in [1.807, 2.05) is 45.8 Å². The highest BCUT2D eigenvalue weighted by Crippen LogP contribution is 2.11. The van der Waals surface area contributed by atoms with E-state index >= 15 is 0 Å². The second-order valence-electron chi connectivity index (χ2n) is 4.96. The van der Waals surface area contributed by atoms with Gasteiger partial charge in [-0.15, -0.1) is 0 Å². The molecule has 0 fully saturated rings. The third-order valence-electron chi connectivity index (χ3n) is 2.53. The molecule has 106 valence electrons. The van der Waals surface area contributed by atoms with E-state index in [1.165, 1.54) is 0 Å². The molecule has 0 bridgehead atoms. The zero-order valence-corrected chi connectivity index (χ0v) is 12.3. The van der Waals surface area contributed by atoms with Crippen LogP contribution in [-0.2, 0) is 4.79 Å². The number of aryl methyl sites for hydroxylation is 1. The molecule has 0 aliphatic rings. The van der Waals surface area contributed by atoms with Gasteiger partial charge in [0.1, 0.15) is 5.82 Å². The lowest BCUT2D eigenvalue weighted by molar-refractivity contribution is -0.123. The van der Waals surface area contributed by atoms with Crippen molar-refractivity contribution >= 4 is 17.7 Å². The molecular formula is C13H23N5O. The number of hydrogen-bond acceptors (Lipinski definition) is 5. The third kappa shape index (κ3) is 5.11. The van der Waals surface area contributed by atoms with Crippen LogP contribution in [0, 0.1) is 12.8 Å². The molecule has 0 radical (unpaired) electrons. The summed E-state index contributed by atoms with van der Waals surface area (Å²) in [6.45, 7) is 6.84. The standard InChI is InChI=1S/C13H23N5O/c1-9(2)12(19)14-6-7-15-13-16-10(3)8-11(17-13)18(4)5/h8-9H,6-7H2,1-5H3,(H,14,19)(H,15,16,17).